The summed E-state index contributed by atoms with van der Waals surface area (Å²) in [4.78, 5) is 10.5. The lowest BCUT2D eigenvalue weighted by Crippen LogP contribution is -2.04. The molecule has 0 saturated carbocycles. The van der Waals surface area contributed by atoms with E-state index >= 15 is 0 Å². The Morgan fingerprint density at radius 3 is 1.02 bits per heavy atom. The second kappa shape index (κ2) is 22.3. The molecule has 12 aromatic carbocycles. The van der Waals surface area contributed by atoms with Gasteiger partial charge in [0, 0.05) is 49.4 Å². The molecule has 0 aliphatic heterocycles. The molecule has 0 saturated heterocycles. The van der Waals surface area contributed by atoms with Crippen LogP contribution in [0.4, 0.5) is 0 Å². The van der Waals surface area contributed by atoms with E-state index in [1.807, 2.05) is 152 Å². The van der Waals surface area contributed by atoms with Crippen LogP contribution in [-0.4, -0.2) is 19.1 Å². The number of nitrogens with zero attached hydrogens (tertiary/aromatic N) is 9. The highest BCUT2D eigenvalue weighted by Gasteiger charge is 2.26. The van der Waals surface area contributed by atoms with Crippen molar-refractivity contribution in [1.82, 2.24) is 19.1 Å². The molecule has 0 radical (unpaired) electrons. The smallest absolute Gasteiger partial charge is 0.160 e. The van der Waals surface area contributed by atoms with E-state index in [1.165, 1.54) is 0 Å². The summed E-state index contributed by atoms with van der Waals surface area (Å²) in [6, 6.07) is 102. The van der Waals surface area contributed by atoms with Crippen molar-refractivity contribution in [3.63, 3.8) is 0 Å². The molecule has 9 heteroatoms. The van der Waals surface area contributed by atoms with Crippen LogP contribution in [0.2, 0.25) is 0 Å². The minimum atomic E-state index is 0.438. The number of rotatable bonds is 10. The molecule has 414 valence electrons. The molecule has 3 aromatic heterocycles. The summed E-state index contributed by atoms with van der Waals surface area (Å²) in [6.45, 7) is 0. The molecule has 0 unspecified atom stereocenters. The maximum atomic E-state index is 11.7. The van der Waals surface area contributed by atoms with Crippen molar-refractivity contribution >= 4 is 43.6 Å². The van der Waals surface area contributed by atoms with Gasteiger partial charge in [0.15, 0.2) is 5.82 Å². The third-order valence-electron chi connectivity index (χ3n) is 16.9. The molecule has 9 nitrogen and oxygen atoms in total. The highest BCUT2D eigenvalue weighted by atomic mass is 15.0. The Morgan fingerprint density at radius 1 is 0.256 bits per heavy atom. The van der Waals surface area contributed by atoms with E-state index in [9.17, 15) is 26.3 Å². The molecular formula is C81H45N9. The standard InChI is InChI=1S/C81H45N9/c82-46-51-12-7-20-57(36-51)61-26-31-74-67(40-61)68-41-62(58-21-8-13-52(37-58)47-83)27-32-75(68)89(74)78-35-30-65(73-45-72(55-16-3-1-4-17-55)87-81(88-73)56-18-5-2-6-19-56)44-71(78)80-66(50-86)24-11-25-79(80)90-76-33-28-63(59-22-9-14-53(38-59)48-84)42-69(76)70-43-64(29-34-77(70)90)60-23-10-15-54(39-60)49-85/h1-45H. The molecule has 15 aromatic rings. The van der Waals surface area contributed by atoms with Crippen molar-refractivity contribution in [3.05, 3.63) is 301 Å². The molecule has 0 bridgehead atoms. The summed E-state index contributed by atoms with van der Waals surface area (Å²) in [5.41, 5.74) is 20.6. The van der Waals surface area contributed by atoms with Crippen LogP contribution in [0.15, 0.2) is 273 Å². The lowest BCUT2D eigenvalue weighted by atomic mass is 9.93. The van der Waals surface area contributed by atoms with Gasteiger partial charge in [-0.05, 0) is 172 Å². The van der Waals surface area contributed by atoms with Gasteiger partial charge in [-0.2, -0.15) is 26.3 Å². The maximum absolute atomic E-state index is 11.7. The zero-order chi connectivity index (χ0) is 60.8. The third-order valence-corrected chi connectivity index (χ3v) is 16.9. The van der Waals surface area contributed by atoms with E-state index in [-0.39, 0.29) is 0 Å². The number of fused-ring (bicyclic) bond motifs is 6. The Hall–Kier alpha value is -13.2. The van der Waals surface area contributed by atoms with Gasteiger partial charge in [0.25, 0.3) is 0 Å². The van der Waals surface area contributed by atoms with E-state index in [1.54, 1.807) is 12.1 Å². The van der Waals surface area contributed by atoms with Crippen molar-refractivity contribution < 1.29 is 0 Å². The number of nitriles is 5. The predicted molar refractivity (Wildman–Crippen MR) is 358 cm³/mol. The van der Waals surface area contributed by atoms with Crippen molar-refractivity contribution in [3.8, 4) is 131 Å². The number of benzene rings is 12. The first-order valence-corrected chi connectivity index (χ1v) is 29.2. The fourth-order valence-electron chi connectivity index (χ4n) is 12.6. The lowest BCUT2D eigenvalue weighted by Gasteiger charge is -2.21. The summed E-state index contributed by atoms with van der Waals surface area (Å²) in [7, 11) is 0. The molecule has 0 aliphatic carbocycles. The Balaban J connectivity index is 1.04. The van der Waals surface area contributed by atoms with Gasteiger partial charge in [-0.25, -0.2) is 9.97 Å². The Morgan fingerprint density at radius 2 is 0.611 bits per heavy atom. The Labute approximate surface area is 518 Å². The van der Waals surface area contributed by atoms with Gasteiger partial charge in [0.05, 0.1) is 103 Å². The van der Waals surface area contributed by atoms with Crippen LogP contribution in [-0.2, 0) is 0 Å². The van der Waals surface area contributed by atoms with Crippen LogP contribution >= 0.6 is 0 Å². The van der Waals surface area contributed by atoms with Crippen LogP contribution < -0.4 is 0 Å². The van der Waals surface area contributed by atoms with Gasteiger partial charge >= 0.3 is 0 Å². The summed E-state index contributed by atoms with van der Waals surface area (Å²) in [5, 5.41) is 55.5. The van der Waals surface area contributed by atoms with Crippen LogP contribution in [0.5, 0.6) is 0 Å². The van der Waals surface area contributed by atoms with Crippen LogP contribution in [0.25, 0.3) is 145 Å². The van der Waals surface area contributed by atoms with Gasteiger partial charge < -0.3 is 9.13 Å². The second-order valence-corrected chi connectivity index (χ2v) is 22.1. The molecule has 0 amide bonds. The van der Waals surface area contributed by atoms with Gasteiger partial charge in [-0.3, -0.25) is 0 Å². The summed E-state index contributed by atoms with van der Waals surface area (Å²) >= 11 is 0. The first kappa shape index (κ1) is 53.5. The molecule has 0 atom stereocenters. The zero-order valence-corrected chi connectivity index (χ0v) is 48.0. The van der Waals surface area contributed by atoms with E-state index in [0.717, 1.165) is 127 Å². The molecule has 0 spiro atoms. The van der Waals surface area contributed by atoms with Gasteiger partial charge in [0.1, 0.15) is 0 Å². The van der Waals surface area contributed by atoms with Crippen molar-refractivity contribution in [2.45, 2.75) is 0 Å². The third kappa shape index (κ3) is 9.43. The molecule has 3 heterocycles. The highest BCUT2D eigenvalue weighted by Crippen LogP contribution is 2.46. The van der Waals surface area contributed by atoms with Crippen molar-refractivity contribution in [1.29, 1.82) is 26.3 Å². The fraction of sp³-hybridized carbons (Fsp3) is 0. The van der Waals surface area contributed by atoms with E-state index in [2.05, 4.69) is 149 Å². The highest BCUT2D eigenvalue weighted by molar-refractivity contribution is 6.14. The molecule has 90 heavy (non-hydrogen) atoms. The van der Waals surface area contributed by atoms with Gasteiger partial charge in [-0.15, -0.1) is 0 Å². The van der Waals surface area contributed by atoms with E-state index in [4.69, 9.17) is 9.97 Å². The number of aromatic nitrogens is 4. The van der Waals surface area contributed by atoms with Crippen molar-refractivity contribution in [2.24, 2.45) is 0 Å². The second-order valence-electron chi connectivity index (χ2n) is 22.1. The van der Waals surface area contributed by atoms with Gasteiger partial charge in [0.2, 0.25) is 0 Å². The Bertz CT molecular complexity index is 5390. The largest absolute Gasteiger partial charge is 0.309 e. The average Bonchev–Trinajstić information content (AvgIpc) is 1.58. The zero-order valence-electron chi connectivity index (χ0n) is 48.0. The van der Waals surface area contributed by atoms with Crippen LogP contribution in [0.3, 0.4) is 0 Å². The average molecular weight is 1140 g/mol. The SMILES string of the molecule is N#Cc1cccc(-c2ccc3c(c2)c2cc(-c4cccc(C#N)c4)ccc2n3-c2ccc(-c3cc(-c4ccccc4)nc(-c4ccccc4)n3)cc2-c2c(C#N)cccc2-n2c3ccc(-c4cccc(C#N)c4)cc3c3cc(-c4cccc(C#N)c4)ccc32)c1. The summed E-state index contributed by atoms with van der Waals surface area (Å²) in [5.74, 6) is 0.563. The minimum absolute atomic E-state index is 0.438. The van der Waals surface area contributed by atoms with E-state index < -0.39 is 0 Å². The quantitative estimate of drug-likeness (QED) is 0.132. The van der Waals surface area contributed by atoms with Crippen molar-refractivity contribution in [2.75, 3.05) is 0 Å². The summed E-state index contributed by atoms with van der Waals surface area (Å²) in [6.07, 6.45) is 0. The maximum Gasteiger partial charge on any atom is 0.160 e. The Kier molecular flexibility index (Phi) is 13.3. The first-order chi connectivity index (χ1) is 44.3. The molecule has 15 rings (SSSR count). The number of hydrogen-bond donors (Lipinski definition) is 0. The topological polar surface area (TPSA) is 155 Å². The first-order valence-electron chi connectivity index (χ1n) is 29.2. The monoisotopic (exact) mass is 1140 g/mol. The van der Waals surface area contributed by atoms with Crippen LogP contribution in [0.1, 0.15) is 27.8 Å². The molecule has 0 fully saturated rings. The fourth-order valence-corrected chi connectivity index (χ4v) is 12.6. The minimum Gasteiger partial charge on any atom is -0.309 e. The van der Waals surface area contributed by atoms with Crippen LogP contribution in [0, 0.1) is 56.7 Å². The lowest BCUT2D eigenvalue weighted by molar-refractivity contribution is 1.15. The predicted octanol–water partition coefficient (Wildman–Crippen LogP) is 19.4. The molecule has 0 aliphatic rings. The van der Waals surface area contributed by atoms with Gasteiger partial charge in [-0.1, -0.05) is 146 Å². The normalized spacial score (nSPS) is 11.1. The summed E-state index contributed by atoms with van der Waals surface area (Å²) < 4.78 is 4.54. The molecular weight excluding hydrogens is 1100 g/mol. The molecule has 0 N–H and O–H groups in total. The number of hydrogen-bond acceptors (Lipinski definition) is 7. The van der Waals surface area contributed by atoms with E-state index in [0.29, 0.717) is 44.9 Å².